The number of carboxylic acids is 1. The molecule has 1 aromatic heterocycles. The molecule has 3 nitrogen and oxygen atoms in total. The molecule has 1 heterocycles. The van der Waals surface area contributed by atoms with Crippen LogP contribution in [-0.4, -0.2) is 11.1 Å². The second-order valence-corrected chi connectivity index (χ2v) is 4.19. The van der Waals surface area contributed by atoms with Gasteiger partial charge in [-0.05, 0) is 37.7 Å². The first-order valence-electron chi connectivity index (χ1n) is 5.15. The summed E-state index contributed by atoms with van der Waals surface area (Å²) in [5, 5.41) is 8.97. The average molecular weight is 192 g/mol. The average Bonchev–Trinajstić information content (AvgIpc) is 2.76. The van der Waals surface area contributed by atoms with Crippen molar-refractivity contribution in [1.82, 2.24) is 0 Å². The normalized spacial score (nSPS) is 19.7. The van der Waals surface area contributed by atoms with Crippen LogP contribution in [0, 0.1) is 0 Å². The molecular weight excluding hydrogens is 180 g/mol. The molecule has 0 spiro atoms. The van der Waals surface area contributed by atoms with Crippen molar-refractivity contribution >= 4 is 5.97 Å². The molecule has 0 radical (unpaired) electrons. The van der Waals surface area contributed by atoms with Crippen LogP contribution in [0.25, 0.3) is 0 Å². The van der Waals surface area contributed by atoms with Crippen LogP contribution in [0.5, 0.6) is 0 Å². The highest BCUT2D eigenvalue weighted by atomic mass is 16.4. The Bertz CT molecular complexity index is 399. The fourth-order valence-corrected chi connectivity index (χ4v) is 2.35. The van der Waals surface area contributed by atoms with Crippen LogP contribution >= 0.6 is 0 Å². The first kappa shape index (κ1) is 8.09. The van der Waals surface area contributed by atoms with Crippen LogP contribution < -0.4 is 0 Å². The number of hydrogen-bond acceptors (Lipinski definition) is 2. The molecule has 0 bridgehead atoms. The highest BCUT2D eigenvalue weighted by Gasteiger charge is 2.35. The van der Waals surface area contributed by atoms with Gasteiger partial charge >= 0.3 is 5.97 Å². The molecular formula is C11H12O3. The molecule has 14 heavy (non-hydrogen) atoms. The van der Waals surface area contributed by atoms with E-state index in [9.17, 15) is 4.79 Å². The third-order valence-corrected chi connectivity index (χ3v) is 3.14. The second kappa shape index (κ2) is 2.62. The zero-order chi connectivity index (χ0) is 9.71. The third kappa shape index (κ3) is 1.01. The third-order valence-electron chi connectivity index (χ3n) is 3.14. The van der Waals surface area contributed by atoms with Gasteiger partial charge in [0.05, 0.1) is 0 Å². The zero-order valence-corrected chi connectivity index (χ0v) is 7.88. The molecule has 0 aliphatic heterocycles. The molecule has 0 aromatic carbocycles. The Kier molecular flexibility index (Phi) is 1.52. The van der Waals surface area contributed by atoms with Crippen molar-refractivity contribution in [3.63, 3.8) is 0 Å². The summed E-state index contributed by atoms with van der Waals surface area (Å²) >= 11 is 0. The topological polar surface area (TPSA) is 50.4 Å². The van der Waals surface area contributed by atoms with Gasteiger partial charge < -0.3 is 9.52 Å². The fraction of sp³-hybridized carbons (Fsp3) is 0.545. The molecule has 1 saturated carbocycles. The Morgan fingerprint density at radius 3 is 2.64 bits per heavy atom. The first-order chi connectivity index (χ1) is 6.77. The van der Waals surface area contributed by atoms with Crippen LogP contribution in [-0.2, 0) is 12.8 Å². The van der Waals surface area contributed by atoms with E-state index in [0.29, 0.717) is 5.92 Å². The molecule has 3 rings (SSSR count). The molecule has 2 aliphatic rings. The Morgan fingerprint density at radius 1 is 1.29 bits per heavy atom. The molecule has 0 amide bonds. The molecule has 74 valence electrons. The molecule has 1 aromatic rings. The van der Waals surface area contributed by atoms with E-state index >= 15 is 0 Å². The van der Waals surface area contributed by atoms with Crippen LogP contribution in [0.2, 0.25) is 0 Å². The lowest BCUT2D eigenvalue weighted by Crippen LogP contribution is -1.97. The minimum Gasteiger partial charge on any atom is -0.475 e. The van der Waals surface area contributed by atoms with Gasteiger partial charge in [-0.15, -0.1) is 0 Å². The Morgan fingerprint density at radius 2 is 2.00 bits per heavy atom. The lowest BCUT2D eigenvalue weighted by Gasteiger charge is -1.94. The summed E-state index contributed by atoms with van der Waals surface area (Å²) in [4.78, 5) is 10.9. The van der Waals surface area contributed by atoms with Crippen molar-refractivity contribution in [2.45, 2.75) is 38.0 Å². The van der Waals surface area contributed by atoms with Gasteiger partial charge in [-0.3, -0.25) is 0 Å². The summed E-state index contributed by atoms with van der Waals surface area (Å²) in [7, 11) is 0. The van der Waals surface area contributed by atoms with Gasteiger partial charge in [-0.25, -0.2) is 4.79 Å². The van der Waals surface area contributed by atoms with E-state index in [1.54, 1.807) is 0 Å². The van der Waals surface area contributed by atoms with Gasteiger partial charge in [0.2, 0.25) is 5.76 Å². The predicted molar refractivity (Wildman–Crippen MR) is 49.7 cm³/mol. The van der Waals surface area contributed by atoms with Crippen molar-refractivity contribution in [3.8, 4) is 0 Å². The van der Waals surface area contributed by atoms with E-state index in [-0.39, 0.29) is 5.76 Å². The molecule has 2 aliphatic carbocycles. The van der Waals surface area contributed by atoms with Crippen molar-refractivity contribution in [2.75, 3.05) is 0 Å². The lowest BCUT2D eigenvalue weighted by atomic mass is 10.1. The minimum atomic E-state index is -0.907. The van der Waals surface area contributed by atoms with Gasteiger partial charge in [0.25, 0.3) is 0 Å². The summed E-state index contributed by atoms with van der Waals surface area (Å²) < 4.78 is 5.47. The molecule has 1 N–H and O–H groups in total. The van der Waals surface area contributed by atoms with Crippen molar-refractivity contribution in [2.24, 2.45) is 0 Å². The van der Waals surface area contributed by atoms with Gasteiger partial charge in [-0.1, -0.05) is 0 Å². The number of fused-ring (bicyclic) bond motifs is 1. The van der Waals surface area contributed by atoms with Crippen LogP contribution in [0.1, 0.15) is 52.6 Å². The molecule has 3 heteroatoms. The number of carboxylic acid groups (broad SMARTS) is 1. The van der Waals surface area contributed by atoms with Crippen molar-refractivity contribution < 1.29 is 14.3 Å². The highest BCUT2D eigenvalue weighted by molar-refractivity contribution is 5.87. The van der Waals surface area contributed by atoms with Gasteiger partial charge in [0.15, 0.2) is 0 Å². The van der Waals surface area contributed by atoms with Gasteiger partial charge in [-0.2, -0.15) is 0 Å². The number of aromatic carboxylic acids is 1. The van der Waals surface area contributed by atoms with Crippen LogP contribution in [0.4, 0.5) is 0 Å². The second-order valence-electron chi connectivity index (χ2n) is 4.19. The van der Waals surface area contributed by atoms with Crippen LogP contribution in [0.15, 0.2) is 4.42 Å². The largest absolute Gasteiger partial charge is 0.475 e. The Hall–Kier alpha value is -1.25. The zero-order valence-electron chi connectivity index (χ0n) is 7.88. The number of rotatable bonds is 2. The SMILES string of the molecule is O=C(O)c1oc(C2CC2)c2c1CCC2. The van der Waals surface area contributed by atoms with E-state index in [2.05, 4.69) is 0 Å². The monoisotopic (exact) mass is 192 g/mol. The van der Waals surface area contributed by atoms with E-state index in [4.69, 9.17) is 9.52 Å². The number of hydrogen-bond donors (Lipinski definition) is 1. The molecule has 0 saturated heterocycles. The quantitative estimate of drug-likeness (QED) is 0.782. The summed E-state index contributed by atoms with van der Waals surface area (Å²) in [6.07, 6.45) is 5.31. The minimum absolute atomic E-state index is 0.208. The van der Waals surface area contributed by atoms with Crippen molar-refractivity contribution in [3.05, 3.63) is 22.6 Å². The predicted octanol–water partition coefficient (Wildman–Crippen LogP) is 2.34. The fourth-order valence-electron chi connectivity index (χ4n) is 2.35. The maximum atomic E-state index is 10.9. The van der Waals surface area contributed by atoms with Gasteiger partial charge in [0, 0.05) is 11.5 Å². The number of furan rings is 1. The maximum Gasteiger partial charge on any atom is 0.372 e. The van der Waals surface area contributed by atoms with E-state index in [1.165, 1.54) is 18.4 Å². The molecule has 1 fully saturated rings. The molecule has 0 unspecified atom stereocenters. The Labute approximate surface area is 81.7 Å². The standard InChI is InChI=1S/C11H12O3/c12-11(13)10-8-3-1-2-7(8)9(14-10)6-4-5-6/h6H,1-5H2,(H,12,13). The lowest BCUT2D eigenvalue weighted by molar-refractivity contribution is 0.0658. The molecule has 0 atom stereocenters. The summed E-state index contributed by atoms with van der Waals surface area (Å²) in [6.45, 7) is 0. The first-order valence-corrected chi connectivity index (χ1v) is 5.15. The highest BCUT2D eigenvalue weighted by Crippen LogP contribution is 2.46. The van der Waals surface area contributed by atoms with E-state index < -0.39 is 5.97 Å². The van der Waals surface area contributed by atoms with Gasteiger partial charge in [0.1, 0.15) is 5.76 Å². The maximum absolute atomic E-state index is 10.9. The number of carbonyl (C=O) groups is 1. The summed E-state index contributed by atoms with van der Waals surface area (Å²) in [6, 6.07) is 0. The summed E-state index contributed by atoms with van der Waals surface area (Å²) in [5.74, 6) is 0.805. The summed E-state index contributed by atoms with van der Waals surface area (Å²) in [5.41, 5.74) is 2.18. The van der Waals surface area contributed by atoms with E-state index in [1.807, 2.05) is 0 Å². The van der Waals surface area contributed by atoms with Crippen molar-refractivity contribution in [1.29, 1.82) is 0 Å². The van der Waals surface area contributed by atoms with E-state index in [0.717, 1.165) is 30.6 Å². The smallest absolute Gasteiger partial charge is 0.372 e. The Balaban J connectivity index is 2.13. The van der Waals surface area contributed by atoms with Crippen LogP contribution in [0.3, 0.4) is 0 Å².